The number of aliphatic hydroxyl groups is 1. The molecule has 1 fully saturated rings. The van der Waals surface area contributed by atoms with Crippen LogP contribution in [0.2, 0.25) is 0 Å². The van der Waals surface area contributed by atoms with Crippen molar-refractivity contribution in [2.24, 2.45) is 5.92 Å². The summed E-state index contributed by atoms with van der Waals surface area (Å²) in [6, 6.07) is 0. The molecule has 88 valence electrons. The second-order valence-electron chi connectivity index (χ2n) is 4.51. The maximum atomic E-state index is 11.8. The second kappa shape index (κ2) is 5.47. The molecule has 0 aromatic carbocycles. The lowest BCUT2D eigenvalue weighted by atomic mass is 10.0. The molecular formula is C11H21NO3. The second-order valence-corrected chi connectivity index (χ2v) is 4.51. The van der Waals surface area contributed by atoms with E-state index in [4.69, 9.17) is 9.84 Å². The van der Waals surface area contributed by atoms with Gasteiger partial charge in [0.1, 0.15) is 5.60 Å². The minimum Gasteiger partial charge on any atom is -0.396 e. The van der Waals surface area contributed by atoms with Crippen LogP contribution >= 0.6 is 0 Å². The summed E-state index contributed by atoms with van der Waals surface area (Å²) in [7, 11) is 0. The number of aliphatic hydroxyl groups excluding tert-OH is 1. The third-order valence-corrected chi connectivity index (χ3v) is 2.93. The summed E-state index contributed by atoms with van der Waals surface area (Å²) in [6.45, 7) is 5.31. The quantitative estimate of drug-likeness (QED) is 0.709. The number of hydrogen-bond donors (Lipinski definition) is 2. The zero-order chi connectivity index (χ0) is 11.3. The molecule has 1 aliphatic rings. The maximum absolute atomic E-state index is 11.8. The van der Waals surface area contributed by atoms with Crippen molar-refractivity contribution in [2.75, 3.05) is 19.8 Å². The predicted octanol–water partition coefficient (Wildman–Crippen LogP) is 0.690. The van der Waals surface area contributed by atoms with Gasteiger partial charge in [0.2, 0.25) is 0 Å². The van der Waals surface area contributed by atoms with Crippen molar-refractivity contribution in [3.8, 4) is 0 Å². The van der Waals surface area contributed by atoms with Gasteiger partial charge < -0.3 is 15.2 Å². The molecule has 15 heavy (non-hydrogen) atoms. The average molecular weight is 215 g/mol. The largest absolute Gasteiger partial charge is 0.396 e. The van der Waals surface area contributed by atoms with Crippen LogP contribution in [0.5, 0.6) is 0 Å². The minimum atomic E-state index is -0.626. The minimum absolute atomic E-state index is 0.0233. The molecule has 1 amide bonds. The Labute approximate surface area is 91.0 Å². The van der Waals surface area contributed by atoms with Crippen molar-refractivity contribution >= 4 is 5.91 Å². The number of rotatable bonds is 5. The Balaban J connectivity index is 2.29. The van der Waals surface area contributed by atoms with Crippen LogP contribution in [0.15, 0.2) is 0 Å². The van der Waals surface area contributed by atoms with Gasteiger partial charge in [-0.2, -0.15) is 0 Å². The number of hydrogen-bond acceptors (Lipinski definition) is 3. The van der Waals surface area contributed by atoms with Crippen LogP contribution in [0.25, 0.3) is 0 Å². The topological polar surface area (TPSA) is 58.6 Å². The Morgan fingerprint density at radius 2 is 2.40 bits per heavy atom. The van der Waals surface area contributed by atoms with E-state index in [1.165, 1.54) is 0 Å². The van der Waals surface area contributed by atoms with Gasteiger partial charge in [-0.1, -0.05) is 6.92 Å². The van der Waals surface area contributed by atoms with Crippen LogP contribution < -0.4 is 5.32 Å². The van der Waals surface area contributed by atoms with E-state index in [-0.39, 0.29) is 12.5 Å². The summed E-state index contributed by atoms with van der Waals surface area (Å²) in [5.41, 5.74) is -0.626. The fourth-order valence-corrected chi connectivity index (χ4v) is 1.73. The van der Waals surface area contributed by atoms with E-state index < -0.39 is 5.60 Å². The summed E-state index contributed by atoms with van der Waals surface area (Å²) >= 11 is 0. The number of ether oxygens (including phenoxy) is 1. The van der Waals surface area contributed by atoms with Crippen LogP contribution in [0, 0.1) is 5.92 Å². The van der Waals surface area contributed by atoms with Crippen LogP contribution in [-0.4, -0.2) is 36.4 Å². The molecule has 0 saturated carbocycles. The molecule has 2 N–H and O–H groups in total. The summed E-state index contributed by atoms with van der Waals surface area (Å²) in [6.07, 6.45) is 2.47. The van der Waals surface area contributed by atoms with E-state index in [0.29, 0.717) is 19.1 Å². The molecule has 2 unspecified atom stereocenters. The van der Waals surface area contributed by atoms with Gasteiger partial charge in [0.25, 0.3) is 5.91 Å². The molecule has 0 aromatic rings. The number of amides is 1. The highest BCUT2D eigenvalue weighted by Crippen LogP contribution is 2.24. The predicted molar refractivity (Wildman–Crippen MR) is 57.5 cm³/mol. The first-order chi connectivity index (χ1) is 7.08. The smallest absolute Gasteiger partial charge is 0.251 e. The van der Waals surface area contributed by atoms with Crippen molar-refractivity contribution < 1.29 is 14.6 Å². The fraction of sp³-hybridized carbons (Fsp3) is 0.909. The van der Waals surface area contributed by atoms with Crippen molar-refractivity contribution in [2.45, 2.75) is 38.7 Å². The number of carbonyl (C=O) groups excluding carboxylic acids is 1. The van der Waals surface area contributed by atoms with Gasteiger partial charge in [0.15, 0.2) is 0 Å². The molecule has 2 atom stereocenters. The normalized spacial score (nSPS) is 27.7. The first-order valence-corrected chi connectivity index (χ1v) is 5.61. The van der Waals surface area contributed by atoms with Gasteiger partial charge >= 0.3 is 0 Å². The lowest BCUT2D eigenvalue weighted by Crippen LogP contribution is -2.45. The zero-order valence-corrected chi connectivity index (χ0v) is 9.58. The molecule has 0 aliphatic carbocycles. The third-order valence-electron chi connectivity index (χ3n) is 2.93. The van der Waals surface area contributed by atoms with E-state index in [0.717, 1.165) is 19.3 Å². The van der Waals surface area contributed by atoms with Crippen LogP contribution in [-0.2, 0) is 9.53 Å². The Bertz CT molecular complexity index is 212. The lowest BCUT2D eigenvalue weighted by molar-refractivity contribution is -0.139. The van der Waals surface area contributed by atoms with Crippen molar-refractivity contribution in [3.63, 3.8) is 0 Å². The van der Waals surface area contributed by atoms with E-state index in [1.54, 1.807) is 0 Å². The molecule has 4 nitrogen and oxygen atoms in total. The summed E-state index contributed by atoms with van der Waals surface area (Å²) < 4.78 is 5.43. The van der Waals surface area contributed by atoms with Crippen LogP contribution in [0.1, 0.15) is 33.1 Å². The van der Waals surface area contributed by atoms with Crippen LogP contribution in [0.4, 0.5) is 0 Å². The van der Waals surface area contributed by atoms with Crippen molar-refractivity contribution in [1.82, 2.24) is 5.32 Å². The monoisotopic (exact) mass is 215 g/mol. The zero-order valence-electron chi connectivity index (χ0n) is 9.58. The van der Waals surface area contributed by atoms with Gasteiger partial charge in [-0.25, -0.2) is 0 Å². The molecule has 0 radical (unpaired) electrons. The number of nitrogens with one attached hydrogen (secondary N) is 1. The standard InChI is InChI=1S/C11H21NO3/c1-9(4-6-13)8-12-10(14)11(2)5-3-7-15-11/h9,13H,3-8H2,1-2H3,(H,12,14). The average Bonchev–Trinajstić information content (AvgIpc) is 2.63. The molecule has 0 spiro atoms. The molecule has 1 saturated heterocycles. The van der Waals surface area contributed by atoms with E-state index in [1.807, 2.05) is 13.8 Å². The lowest BCUT2D eigenvalue weighted by Gasteiger charge is -2.23. The van der Waals surface area contributed by atoms with Crippen molar-refractivity contribution in [1.29, 1.82) is 0 Å². The van der Waals surface area contributed by atoms with Crippen molar-refractivity contribution in [3.05, 3.63) is 0 Å². The first kappa shape index (κ1) is 12.5. The fourth-order valence-electron chi connectivity index (χ4n) is 1.73. The molecule has 0 aromatic heterocycles. The first-order valence-electron chi connectivity index (χ1n) is 5.61. The molecule has 1 rings (SSSR count). The molecule has 4 heteroatoms. The van der Waals surface area contributed by atoms with Gasteiger partial charge in [-0.15, -0.1) is 0 Å². The molecular weight excluding hydrogens is 194 g/mol. The van der Waals surface area contributed by atoms with Gasteiger partial charge in [-0.05, 0) is 32.1 Å². The highest BCUT2D eigenvalue weighted by atomic mass is 16.5. The summed E-state index contributed by atoms with van der Waals surface area (Å²) in [5.74, 6) is 0.286. The van der Waals surface area contributed by atoms with E-state index in [2.05, 4.69) is 5.32 Å². The molecule has 1 aliphatic heterocycles. The Kier molecular flexibility index (Phi) is 4.54. The third kappa shape index (κ3) is 3.47. The highest BCUT2D eigenvalue weighted by molar-refractivity contribution is 5.84. The van der Waals surface area contributed by atoms with Gasteiger partial charge in [0.05, 0.1) is 0 Å². The molecule has 0 bridgehead atoms. The van der Waals surface area contributed by atoms with Gasteiger partial charge in [0, 0.05) is 19.8 Å². The SMILES string of the molecule is CC(CCO)CNC(=O)C1(C)CCCO1. The molecule has 1 heterocycles. The summed E-state index contributed by atoms with van der Waals surface area (Å²) in [4.78, 5) is 11.8. The Morgan fingerprint density at radius 3 is 2.93 bits per heavy atom. The number of carbonyl (C=O) groups is 1. The van der Waals surface area contributed by atoms with Crippen LogP contribution in [0.3, 0.4) is 0 Å². The van der Waals surface area contributed by atoms with E-state index >= 15 is 0 Å². The Hall–Kier alpha value is -0.610. The van der Waals surface area contributed by atoms with E-state index in [9.17, 15) is 4.79 Å². The maximum Gasteiger partial charge on any atom is 0.251 e. The van der Waals surface area contributed by atoms with Gasteiger partial charge in [-0.3, -0.25) is 4.79 Å². The summed E-state index contributed by atoms with van der Waals surface area (Å²) in [5, 5.41) is 11.6. The highest BCUT2D eigenvalue weighted by Gasteiger charge is 2.37. The Morgan fingerprint density at radius 1 is 1.67 bits per heavy atom.